The summed E-state index contributed by atoms with van der Waals surface area (Å²) in [4.78, 5) is 7.54. The first-order valence-electron chi connectivity index (χ1n) is 2.59. The van der Waals surface area contributed by atoms with Crippen molar-refractivity contribution in [3.05, 3.63) is 24.3 Å². The molecule has 0 unspecified atom stereocenters. The lowest BCUT2D eigenvalue weighted by Crippen LogP contribution is -1.90. The van der Waals surface area contributed by atoms with E-state index in [4.69, 9.17) is 4.74 Å². The molecule has 3 heteroatoms. The van der Waals surface area contributed by atoms with Gasteiger partial charge >= 0.3 is 0 Å². The molecule has 9 heavy (non-hydrogen) atoms. The van der Waals surface area contributed by atoms with Crippen LogP contribution in [0.15, 0.2) is 12.4 Å². The van der Waals surface area contributed by atoms with E-state index in [0.29, 0.717) is 6.61 Å². The fraction of sp³-hybridized carbons (Fsp3) is 0.333. The summed E-state index contributed by atoms with van der Waals surface area (Å²) < 4.78 is 4.82. The van der Waals surface area contributed by atoms with Gasteiger partial charge in [-0.15, -0.1) is 0 Å². The average Bonchev–Trinajstić information content (AvgIpc) is 1.91. The van der Waals surface area contributed by atoms with E-state index in [-0.39, 0.29) is 0 Å². The first-order chi connectivity index (χ1) is 4.43. The van der Waals surface area contributed by atoms with E-state index in [1.54, 1.807) is 13.2 Å². The van der Waals surface area contributed by atoms with Crippen LogP contribution >= 0.6 is 0 Å². The van der Waals surface area contributed by atoms with Crippen molar-refractivity contribution >= 4 is 0 Å². The molecule has 0 aromatic carbocycles. The van der Waals surface area contributed by atoms with Crippen LogP contribution in [0.2, 0.25) is 0 Å². The van der Waals surface area contributed by atoms with E-state index in [0.717, 1.165) is 5.69 Å². The van der Waals surface area contributed by atoms with Crippen molar-refractivity contribution in [2.24, 2.45) is 0 Å². The third-order valence-electron chi connectivity index (χ3n) is 0.879. The van der Waals surface area contributed by atoms with Gasteiger partial charge in [-0.2, -0.15) is 0 Å². The Bertz CT molecular complexity index is 164. The first kappa shape index (κ1) is 6.16. The van der Waals surface area contributed by atoms with E-state index >= 15 is 0 Å². The molecule has 1 aromatic heterocycles. The first-order valence-corrected chi connectivity index (χ1v) is 2.59. The highest BCUT2D eigenvalue weighted by molar-refractivity contribution is 4.93. The van der Waals surface area contributed by atoms with Gasteiger partial charge in [-0.05, 0) is 6.07 Å². The normalized spacial score (nSPS) is 9.44. The molecular formula is C6H7N2O. The molecule has 3 nitrogen and oxygen atoms in total. The molecule has 47 valence electrons. The van der Waals surface area contributed by atoms with Gasteiger partial charge in [-0.1, -0.05) is 0 Å². The summed E-state index contributed by atoms with van der Waals surface area (Å²) in [5.74, 6) is 0. The summed E-state index contributed by atoms with van der Waals surface area (Å²) in [5, 5.41) is 0. The summed E-state index contributed by atoms with van der Waals surface area (Å²) in [6.07, 6.45) is 4.11. The number of aromatic nitrogens is 2. The van der Waals surface area contributed by atoms with Crippen molar-refractivity contribution in [2.45, 2.75) is 6.61 Å². The standard InChI is InChI=1S/C6H7N2O/c1-9-4-6-2-3-7-5-8-6/h2,5H,4H2,1H3. The third kappa shape index (κ3) is 1.77. The molecule has 0 bridgehead atoms. The highest BCUT2D eigenvalue weighted by Gasteiger charge is 1.87. The molecule has 0 saturated heterocycles. The summed E-state index contributed by atoms with van der Waals surface area (Å²) >= 11 is 0. The van der Waals surface area contributed by atoms with Crippen LogP contribution in [0.1, 0.15) is 5.69 Å². The Morgan fingerprint density at radius 2 is 2.67 bits per heavy atom. The van der Waals surface area contributed by atoms with Crippen molar-refractivity contribution in [2.75, 3.05) is 7.11 Å². The van der Waals surface area contributed by atoms with E-state index in [9.17, 15) is 0 Å². The highest BCUT2D eigenvalue weighted by atomic mass is 16.5. The Morgan fingerprint density at radius 1 is 1.78 bits per heavy atom. The lowest BCUT2D eigenvalue weighted by atomic mass is 10.4. The summed E-state index contributed by atoms with van der Waals surface area (Å²) in [5.41, 5.74) is 0.854. The lowest BCUT2D eigenvalue weighted by molar-refractivity contribution is 0.181. The number of hydrogen-bond acceptors (Lipinski definition) is 3. The van der Waals surface area contributed by atoms with Gasteiger partial charge in [0.1, 0.15) is 6.33 Å². The van der Waals surface area contributed by atoms with Gasteiger partial charge in [0.2, 0.25) is 0 Å². The van der Waals surface area contributed by atoms with Crippen molar-refractivity contribution < 1.29 is 4.74 Å². The zero-order chi connectivity index (χ0) is 6.53. The predicted molar refractivity (Wildman–Crippen MR) is 31.6 cm³/mol. The van der Waals surface area contributed by atoms with Crippen molar-refractivity contribution in [3.63, 3.8) is 0 Å². The third-order valence-corrected chi connectivity index (χ3v) is 0.879. The van der Waals surface area contributed by atoms with Crippen LogP contribution in [-0.4, -0.2) is 17.1 Å². The molecule has 1 rings (SSSR count). The van der Waals surface area contributed by atoms with Crippen molar-refractivity contribution in [1.29, 1.82) is 0 Å². The van der Waals surface area contributed by atoms with Crippen LogP contribution in [0.4, 0.5) is 0 Å². The minimum absolute atomic E-state index is 0.527. The van der Waals surface area contributed by atoms with Crippen LogP contribution in [0, 0.1) is 6.20 Å². The fourth-order valence-electron chi connectivity index (χ4n) is 0.512. The van der Waals surface area contributed by atoms with Crippen molar-refractivity contribution in [3.8, 4) is 0 Å². The molecular weight excluding hydrogens is 116 g/mol. The quantitative estimate of drug-likeness (QED) is 0.571. The molecule has 1 radical (unpaired) electrons. The van der Waals surface area contributed by atoms with Crippen LogP contribution < -0.4 is 0 Å². The molecule has 0 atom stereocenters. The van der Waals surface area contributed by atoms with Crippen LogP contribution in [0.3, 0.4) is 0 Å². The second kappa shape index (κ2) is 3.14. The molecule has 0 N–H and O–H groups in total. The fourth-order valence-corrected chi connectivity index (χ4v) is 0.512. The SMILES string of the molecule is COCc1c[c]ncn1. The smallest absolute Gasteiger partial charge is 0.116 e. The van der Waals surface area contributed by atoms with Gasteiger partial charge in [0.25, 0.3) is 0 Å². The van der Waals surface area contributed by atoms with Gasteiger partial charge < -0.3 is 4.74 Å². The second-order valence-corrected chi connectivity index (χ2v) is 1.57. The number of ether oxygens (including phenoxy) is 1. The number of rotatable bonds is 2. The summed E-state index contributed by atoms with van der Waals surface area (Å²) in [6, 6.07) is 1.70. The number of nitrogens with zero attached hydrogens (tertiary/aromatic N) is 2. The monoisotopic (exact) mass is 123 g/mol. The van der Waals surface area contributed by atoms with E-state index in [1.165, 1.54) is 6.33 Å². The van der Waals surface area contributed by atoms with E-state index in [1.807, 2.05) is 0 Å². The Kier molecular flexibility index (Phi) is 2.15. The molecule has 0 saturated carbocycles. The topological polar surface area (TPSA) is 35.0 Å². The molecule has 0 spiro atoms. The van der Waals surface area contributed by atoms with E-state index in [2.05, 4.69) is 16.2 Å². The molecule has 0 aliphatic carbocycles. The molecule has 0 aliphatic rings. The highest BCUT2D eigenvalue weighted by Crippen LogP contribution is 1.90. The van der Waals surface area contributed by atoms with Gasteiger partial charge in [0.15, 0.2) is 0 Å². The second-order valence-electron chi connectivity index (χ2n) is 1.57. The summed E-state index contributed by atoms with van der Waals surface area (Å²) in [6.45, 7) is 0.527. The lowest BCUT2D eigenvalue weighted by Gasteiger charge is -1.93. The Balaban J connectivity index is 2.61. The predicted octanol–water partition coefficient (Wildman–Crippen LogP) is 0.423. The zero-order valence-corrected chi connectivity index (χ0v) is 5.16. The average molecular weight is 123 g/mol. The Hall–Kier alpha value is -0.960. The number of hydrogen-bond donors (Lipinski definition) is 0. The summed E-state index contributed by atoms with van der Waals surface area (Å²) in [7, 11) is 1.63. The maximum atomic E-state index is 4.82. The molecule has 0 aliphatic heterocycles. The van der Waals surface area contributed by atoms with Gasteiger partial charge in [0.05, 0.1) is 18.5 Å². The number of methoxy groups -OCH3 is 1. The van der Waals surface area contributed by atoms with Gasteiger partial charge in [-0.3, -0.25) is 0 Å². The van der Waals surface area contributed by atoms with E-state index < -0.39 is 0 Å². The Labute approximate surface area is 53.7 Å². The molecule has 0 fully saturated rings. The van der Waals surface area contributed by atoms with Crippen LogP contribution in [0.25, 0.3) is 0 Å². The molecule has 0 amide bonds. The van der Waals surface area contributed by atoms with Gasteiger partial charge in [0, 0.05) is 7.11 Å². The molecule has 1 heterocycles. The maximum absolute atomic E-state index is 4.82. The van der Waals surface area contributed by atoms with Gasteiger partial charge in [-0.25, -0.2) is 9.97 Å². The largest absolute Gasteiger partial charge is 0.378 e. The maximum Gasteiger partial charge on any atom is 0.116 e. The van der Waals surface area contributed by atoms with Crippen LogP contribution in [0.5, 0.6) is 0 Å². The minimum atomic E-state index is 0.527. The van der Waals surface area contributed by atoms with Crippen molar-refractivity contribution in [1.82, 2.24) is 9.97 Å². The minimum Gasteiger partial charge on any atom is -0.378 e. The molecule has 1 aromatic rings. The zero-order valence-electron chi connectivity index (χ0n) is 5.16. The Morgan fingerprint density at radius 3 is 3.22 bits per heavy atom. The van der Waals surface area contributed by atoms with Crippen LogP contribution in [-0.2, 0) is 11.3 Å².